The summed E-state index contributed by atoms with van der Waals surface area (Å²) in [5.41, 5.74) is 9.34. The Labute approximate surface area is 107 Å². The molecular formula is C14H19N3O. The van der Waals surface area contributed by atoms with Crippen LogP contribution in [0.15, 0.2) is 30.5 Å². The Morgan fingerprint density at radius 2 is 2.22 bits per heavy atom. The Morgan fingerprint density at radius 1 is 1.44 bits per heavy atom. The number of nitrogens with two attached hydrogens (primary N) is 1. The van der Waals surface area contributed by atoms with E-state index < -0.39 is 0 Å². The maximum Gasteiger partial charge on any atom is 0.119 e. The van der Waals surface area contributed by atoms with E-state index in [0.717, 1.165) is 22.6 Å². The van der Waals surface area contributed by atoms with E-state index in [4.69, 9.17) is 10.5 Å². The van der Waals surface area contributed by atoms with Crippen molar-refractivity contribution in [1.82, 2.24) is 9.78 Å². The third-order valence-corrected chi connectivity index (χ3v) is 2.91. The number of benzene rings is 1. The van der Waals surface area contributed by atoms with E-state index in [2.05, 4.69) is 5.10 Å². The zero-order valence-electron chi connectivity index (χ0n) is 11.1. The van der Waals surface area contributed by atoms with Crippen LogP contribution in [0.3, 0.4) is 0 Å². The Balaban J connectivity index is 2.30. The molecule has 1 atom stereocenters. The molecule has 1 aromatic heterocycles. The standard InChI is InChI=1S/C14H19N3O/c1-4-18-12-7-5-6-11(8-12)14(15)13-9-17(3)16-10(13)2/h5-9,14H,4,15H2,1-3H3. The van der Waals surface area contributed by atoms with Crippen molar-refractivity contribution < 1.29 is 4.74 Å². The fraction of sp³-hybridized carbons (Fsp3) is 0.357. The van der Waals surface area contributed by atoms with Gasteiger partial charge in [-0.15, -0.1) is 0 Å². The summed E-state index contributed by atoms with van der Waals surface area (Å²) in [6.45, 7) is 4.60. The summed E-state index contributed by atoms with van der Waals surface area (Å²) in [6.07, 6.45) is 1.97. The number of aryl methyl sites for hydroxylation is 2. The van der Waals surface area contributed by atoms with Gasteiger partial charge in [0, 0.05) is 18.8 Å². The molecule has 4 heteroatoms. The minimum atomic E-state index is -0.167. The predicted molar refractivity (Wildman–Crippen MR) is 71.6 cm³/mol. The molecular weight excluding hydrogens is 226 g/mol. The Hall–Kier alpha value is -1.81. The lowest BCUT2D eigenvalue weighted by Crippen LogP contribution is -2.12. The van der Waals surface area contributed by atoms with Gasteiger partial charge in [-0.25, -0.2) is 0 Å². The molecule has 1 aromatic carbocycles. The van der Waals surface area contributed by atoms with E-state index in [-0.39, 0.29) is 6.04 Å². The van der Waals surface area contributed by atoms with E-state index in [9.17, 15) is 0 Å². The zero-order chi connectivity index (χ0) is 13.1. The molecule has 0 fully saturated rings. The molecule has 1 heterocycles. The van der Waals surface area contributed by atoms with Crippen LogP contribution in [0.2, 0.25) is 0 Å². The van der Waals surface area contributed by atoms with E-state index in [0.29, 0.717) is 6.61 Å². The summed E-state index contributed by atoms with van der Waals surface area (Å²) in [4.78, 5) is 0. The molecule has 0 radical (unpaired) electrons. The SMILES string of the molecule is CCOc1cccc(C(N)c2cn(C)nc2C)c1. The summed E-state index contributed by atoms with van der Waals surface area (Å²) < 4.78 is 7.28. The second kappa shape index (κ2) is 5.23. The number of rotatable bonds is 4. The lowest BCUT2D eigenvalue weighted by molar-refractivity contribution is 0.340. The van der Waals surface area contributed by atoms with Crippen LogP contribution in [0.1, 0.15) is 29.8 Å². The Morgan fingerprint density at radius 3 is 2.83 bits per heavy atom. The van der Waals surface area contributed by atoms with Crippen molar-refractivity contribution in [2.75, 3.05) is 6.61 Å². The molecule has 96 valence electrons. The maximum atomic E-state index is 6.29. The van der Waals surface area contributed by atoms with Gasteiger partial charge in [0.2, 0.25) is 0 Å². The number of nitrogens with zero attached hydrogens (tertiary/aromatic N) is 2. The summed E-state index contributed by atoms with van der Waals surface area (Å²) in [5.74, 6) is 0.854. The van der Waals surface area contributed by atoms with E-state index in [1.165, 1.54) is 0 Å². The fourth-order valence-corrected chi connectivity index (χ4v) is 2.07. The van der Waals surface area contributed by atoms with Crippen molar-refractivity contribution in [1.29, 1.82) is 0 Å². The van der Waals surface area contributed by atoms with Crippen LogP contribution < -0.4 is 10.5 Å². The Kier molecular flexibility index (Phi) is 3.67. The topological polar surface area (TPSA) is 53.1 Å². The largest absolute Gasteiger partial charge is 0.494 e. The van der Waals surface area contributed by atoms with Gasteiger partial charge in [-0.3, -0.25) is 4.68 Å². The van der Waals surface area contributed by atoms with Crippen molar-refractivity contribution >= 4 is 0 Å². The lowest BCUT2D eigenvalue weighted by atomic mass is 10.0. The molecule has 18 heavy (non-hydrogen) atoms. The van der Waals surface area contributed by atoms with E-state index in [1.54, 1.807) is 4.68 Å². The minimum absolute atomic E-state index is 0.167. The third kappa shape index (κ3) is 2.54. The van der Waals surface area contributed by atoms with Gasteiger partial charge in [0.25, 0.3) is 0 Å². The van der Waals surface area contributed by atoms with Crippen molar-refractivity contribution in [2.24, 2.45) is 12.8 Å². The van der Waals surface area contributed by atoms with Gasteiger partial charge in [0.1, 0.15) is 5.75 Å². The highest BCUT2D eigenvalue weighted by molar-refractivity contribution is 5.36. The van der Waals surface area contributed by atoms with Crippen LogP contribution in [0.5, 0.6) is 5.75 Å². The molecule has 0 saturated carbocycles. The fourth-order valence-electron chi connectivity index (χ4n) is 2.07. The van der Waals surface area contributed by atoms with Crippen LogP contribution in [0, 0.1) is 6.92 Å². The second-order valence-corrected chi connectivity index (χ2v) is 4.33. The van der Waals surface area contributed by atoms with Crippen LogP contribution in [-0.4, -0.2) is 16.4 Å². The first-order valence-corrected chi connectivity index (χ1v) is 6.10. The third-order valence-electron chi connectivity index (χ3n) is 2.91. The first-order chi connectivity index (χ1) is 8.61. The predicted octanol–water partition coefficient (Wildman–Crippen LogP) is 2.18. The molecule has 4 nitrogen and oxygen atoms in total. The molecule has 2 N–H and O–H groups in total. The van der Waals surface area contributed by atoms with Crippen LogP contribution >= 0.6 is 0 Å². The minimum Gasteiger partial charge on any atom is -0.494 e. The van der Waals surface area contributed by atoms with Crippen molar-refractivity contribution in [2.45, 2.75) is 19.9 Å². The van der Waals surface area contributed by atoms with Crippen LogP contribution in [0.4, 0.5) is 0 Å². The summed E-state index contributed by atoms with van der Waals surface area (Å²) in [6, 6.07) is 7.74. The van der Waals surface area contributed by atoms with E-state index in [1.807, 2.05) is 51.4 Å². The molecule has 1 unspecified atom stereocenters. The molecule has 0 saturated heterocycles. The van der Waals surface area contributed by atoms with Crippen molar-refractivity contribution in [3.8, 4) is 5.75 Å². The highest BCUT2D eigenvalue weighted by atomic mass is 16.5. The van der Waals surface area contributed by atoms with Crippen molar-refractivity contribution in [3.05, 3.63) is 47.3 Å². The first kappa shape index (κ1) is 12.6. The number of hydrogen-bond acceptors (Lipinski definition) is 3. The van der Waals surface area contributed by atoms with Crippen molar-refractivity contribution in [3.63, 3.8) is 0 Å². The number of hydrogen-bond donors (Lipinski definition) is 1. The van der Waals surface area contributed by atoms with E-state index >= 15 is 0 Å². The second-order valence-electron chi connectivity index (χ2n) is 4.33. The van der Waals surface area contributed by atoms with Gasteiger partial charge in [-0.2, -0.15) is 5.10 Å². The number of aromatic nitrogens is 2. The van der Waals surface area contributed by atoms with Gasteiger partial charge in [-0.1, -0.05) is 12.1 Å². The molecule has 0 spiro atoms. The van der Waals surface area contributed by atoms with Crippen LogP contribution in [-0.2, 0) is 7.05 Å². The molecule has 2 aromatic rings. The summed E-state index contributed by atoms with van der Waals surface area (Å²) in [7, 11) is 1.90. The molecule has 0 bridgehead atoms. The molecule has 0 aliphatic rings. The summed E-state index contributed by atoms with van der Waals surface area (Å²) >= 11 is 0. The highest BCUT2D eigenvalue weighted by Crippen LogP contribution is 2.24. The number of ether oxygens (including phenoxy) is 1. The van der Waals surface area contributed by atoms with Gasteiger partial charge in [0.05, 0.1) is 18.3 Å². The normalized spacial score (nSPS) is 12.4. The van der Waals surface area contributed by atoms with Gasteiger partial charge < -0.3 is 10.5 Å². The summed E-state index contributed by atoms with van der Waals surface area (Å²) in [5, 5.41) is 4.32. The molecule has 2 rings (SSSR count). The average molecular weight is 245 g/mol. The molecule has 0 aliphatic heterocycles. The first-order valence-electron chi connectivity index (χ1n) is 6.10. The maximum absolute atomic E-state index is 6.29. The average Bonchev–Trinajstić information content (AvgIpc) is 2.68. The molecule has 0 aliphatic carbocycles. The van der Waals surface area contributed by atoms with Crippen LogP contribution in [0.25, 0.3) is 0 Å². The van der Waals surface area contributed by atoms with Gasteiger partial charge >= 0.3 is 0 Å². The zero-order valence-corrected chi connectivity index (χ0v) is 11.1. The smallest absolute Gasteiger partial charge is 0.119 e. The lowest BCUT2D eigenvalue weighted by Gasteiger charge is -2.12. The van der Waals surface area contributed by atoms with Gasteiger partial charge in [-0.05, 0) is 31.5 Å². The quantitative estimate of drug-likeness (QED) is 0.898. The molecule has 0 amide bonds. The van der Waals surface area contributed by atoms with Gasteiger partial charge in [0.15, 0.2) is 0 Å². The Bertz CT molecular complexity index is 534. The highest BCUT2D eigenvalue weighted by Gasteiger charge is 2.14. The monoisotopic (exact) mass is 245 g/mol.